The smallest absolute Gasteiger partial charge is 0.577 e. The molecule has 0 bridgehead atoms. The zero-order chi connectivity index (χ0) is 38.6. The molecule has 5 aromatic carbocycles. The van der Waals surface area contributed by atoms with Crippen molar-refractivity contribution in [3.05, 3.63) is 178 Å². The molecule has 274 valence electrons. The molecule has 2 heterocycles. The summed E-state index contributed by atoms with van der Waals surface area (Å²) in [5.41, 5.74) is 16.3. The van der Waals surface area contributed by atoms with Crippen LogP contribution in [-0.2, 0) is 0 Å². The lowest BCUT2D eigenvalue weighted by atomic mass is 9.99. The summed E-state index contributed by atoms with van der Waals surface area (Å²) in [6.45, 7) is 17.2. The monoisotopic (exact) mass is 739 g/mol. The van der Waals surface area contributed by atoms with E-state index in [1.807, 2.05) is 72.8 Å². The summed E-state index contributed by atoms with van der Waals surface area (Å²) in [4.78, 5) is 11.7. The Labute approximate surface area is 330 Å². The average molecular weight is 740 g/mol. The van der Waals surface area contributed by atoms with Crippen molar-refractivity contribution in [2.24, 2.45) is 0 Å². The number of aromatic nitrogens is 2. The van der Waals surface area contributed by atoms with Crippen molar-refractivity contribution >= 4 is 32.2 Å². The first-order valence-corrected chi connectivity index (χ1v) is 20.1. The van der Waals surface area contributed by atoms with Crippen molar-refractivity contribution in [3.8, 4) is 39.8 Å². The van der Waals surface area contributed by atoms with E-state index in [9.17, 15) is 0 Å². The van der Waals surface area contributed by atoms with Crippen LogP contribution in [0.15, 0.2) is 134 Å². The molecule has 0 aliphatic carbocycles. The molecule has 0 saturated carbocycles. The summed E-state index contributed by atoms with van der Waals surface area (Å²) in [5.74, 6) is 1.95. The Morgan fingerprint density at radius 1 is 0.436 bits per heavy atom. The Kier molecular flexibility index (Phi) is 11.1. The van der Waals surface area contributed by atoms with Crippen molar-refractivity contribution < 1.29 is 11.4 Å². The fourth-order valence-corrected chi connectivity index (χ4v) is 8.97. The highest BCUT2D eigenvalue weighted by atomic mass is 27.3. The van der Waals surface area contributed by atoms with Gasteiger partial charge in [-0.1, -0.05) is 71.8 Å². The van der Waals surface area contributed by atoms with Crippen LogP contribution in [0.5, 0.6) is 17.2 Å². The molecule has 0 saturated heterocycles. The highest BCUT2D eigenvalue weighted by molar-refractivity contribution is 6.40. The first-order chi connectivity index (χ1) is 26.6. The number of hydrogen-bond donors (Lipinski definition) is 0. The third kappa shape index (κ3) is 8.15. The van der Waals surface area contributed by atoms with Gasteiger partial charge >= 0.3 is 15.1 Å². The van der Waals surface area contributed by atoms with Crippen LogP contribution < -0.4 is 16.3 Å². The lowest BCUT2D eigenvalue weighted by molar-refractivity contribution is 0.308. The van der Waals surface area contributed by atoms with Gasteiger partial charge < -0.3 is 16.3 Å². The van der Waals surface area contributed by atoms with Gasteiger partial charge in [0, 0.05) is 29.2 Å². The molecule has 0 aliphatic rings. The molecule has 0 aliphatic heterocycles. The van der Waals surface area contributed by atoms with E-state index in [4.69, 9.17) is 11.4 Å². The maximum atomic E-state index is 6.84. The van der Waals surface area contributed by atoms with Gasteiger partial charge in [-0.25, -0.2) is 0 Å². The molecule has 0 amide bonds. The highest BCUT2D eigenvalue weighted by Gasteiger charge is 2.46. The van der Waals surface area contributed by atoms with E-state index in [-0.39, 0.29) is 0 Å². The fraction of sp³-hybridized carbons (Fsp3) is 0.167. The van der Waals surface area contributed by atoms with E-state index in [0.717, 1.165) is 39.3 Å². The predicted octanol–water partition coefficient (Wildman–Crippen LogP) is 12.3. The SMILES string of the molecule is Cc1cc(C)c(N(c2ccc([O][Al]([O]c3cccc(C)c3-c3ccccn3)[O]c3cccc(C)c3-c3ccccn3)cc2)c2c(C)cc(C)cc2C)c(C)c1. The Balaban J connectivity index is 1.30. The number of aryl methyl sites for hydroxylation is 8. The Morgan fingerprint density at radius 3 is 1.27 bits per heavy atom. The van der Waals surface area contributed by atoms with Gasteiger partial charge in [0.2, 0.25) is 0 Å². The lowest BCUT2D eigenvalue weighted by Gasteiger charge is -2.32. The molecule has 0 radical (unpaired) electrons. The second kappa shape index (κ2) is 16.2. The molecule has 0 N–H and O–H groups in total. The van der Waals surface area contributed by atoms with Crippen molar-refractivity contribution in [2.45, 2.75) is 55.4 Å². The minimum atomic E-state index is -3.03. The third-order valence-corrected chi connectivity index (χ3v) is 11.2. The topological polar surface area (TPSA) is 56.7 Å². The van der Waals surface area contributed by atoms with E-state index >= 15 is 0 Å². The molecule has 2 aromatic heterocycles. The van der Waals surface area contributed by atoms with Gasteiger partial charge in [-0.05, 0) is 149 Å². The summed E-state index contributed by atoms with van der Waals surface area (Å²) in [5, 5.41) is 0. The molecule has 7 heteroatoms. The number of nitrogens with zero attached hydrogens (tertiary/aromatic N) is 3. The van der Waals surface area contributed by atoms with E-state index in [0.29, 0.717) is 17.2 Å². The van der Waals surface area contributed by atoms with E-state index < -0.39 is 15.1 Å². The van der Waals surface area contributed by atoms with Crippen LogP contribution in [0.2, 0.25) is 0 Å². The second-order valence-corrected chi connectivity index (χ2v) is 15.6. The molecule has 7 aromatic rings. The second-order valence-electron chi connectivity index (χ2n) is 14.3. The van der Waals surface area contributed by atoms with E-state index in [1.165, 1.54) is 44.8 Å². The molecule has 0 atom stereocenters. The summed E-state index contributed by atoms with van der Waals surface area (Å²) >= 11 is -3.03. The van der Waals surface area contributed by atoms with Crippen molar-refractivity contribution in [2.75, 3.05) is 4.90 Å². The molecule has 55 heavy (non-hydrogen) atoms. The number of rotatable bonds is 11. The van der Waals surface area contributed by atoms with E-state index in [1.54, 1.807) is 12.4 Å². The third-order valence-electron chi connectivity index (χ3n) is 9.80. The molecule has 0 unspecified atom stereocenters. The van der Waals surface area contributed by atoms with Crippen molar-refractivity contribution in [1.82, 2.24) is 9.97 Å². The average Bonchev–Trinajstić information content (AvgIpc) is 3.15. The standard InChI is InChI=1S/C24H27NO.2C12H11NO.Al/c1-15-11-17(3)23(18(4)12-15)25(21-7-9-22(26)10-8-21)24-19(5)13-16(2)14-20(24)6;2*1-9-5-4-7-11(14)12(9)10-6-2-3-8-13-10;/h7-14,26H,1-6H3;2*2-8,14H,1H3;/q;;;+3/p-3. The largest absolute Gasteiger partial charge is 1.20 e. The zero-order valence-electron chi connectivity index (χ0n) is 32.8. The van der Waals surface area contributed by atoms with Gasteiger partial charge in [-0.15, -0.1) is 0 Å². The molecule has 6 nitrogen and oxygen atoms in total. The molecule has 0 spiro atoms. The minimum absolute atomic E-state index is 0.647. The van der Waals surface area contributed by atoms with Crippen LogP contribution in [0.4, 0.5) is 17.1 Å². The first-order valence-electron chi connectivity index (χ1n) is 18.7. The van der Waals surface area contributed by atoms with Gasteiger partial charge in [0.25, 0.3) is 0 Å². The quantitative estimate of drug-likeness (QED) is 0.123. The summed E-state index contributed by atoms with van der Waals surface area (Å²) in [7, 11) is 0. The molecular formula is C48H46AlN3O3. The zero-order valence-corrected chi connectivity index (χ0v) is 34.0. The van der Waals surface area contributed by atoms with E-state index in [2.05, 4.69) is 119 Å². The van der Waals surface area contributed by atoms with Crippen LogP contribution >= 0.6 is 0 Å². The van der Waals surface area contributed by atoms with Crippen LogP contribution in [-0.4, -0.2) is 25.1 Å². The van der Waals surface area contributed by atoms with Gasteiger partial charge in [-0.2, -0.15) is 0 Å². The Bertz CT molecular complexity index is 2260. The summed E-state index contributed by atoms with van der Waals surface area (Å²) in [6, 6.07) is 41.1. The van der Waals surface area contributed by atoms with Crippen molar-refractivity contribution in [1.29, 1.82) is 0 Å². The Morgan fingerprint density at radius 2 is 0.873 bits per heavy atom. The van der Waals surface area contributed by atoms with Gasteiger partial charge in [0.05, 0.1) is 40.0 Å². The number of pyridine rings is 2. The van der Waals surface area contributed by atoms with Crippen LogP contribution in [0, 0.1) is 55.4 Å². The van der Waals surface area contributed by atoms with Gasteiger partial charge in [0.1, 0.15) is 0 Å². The fourth-order valence-electron chi connectivity index (χ4n) is 7.64. The summed E-state index contributed by atoms with van der Waals surface area (Å²) in [6.07, 6.45) is 3.59. The minimum Gasteiger partial charge on any atom is -0.577 e. The highest BCUT2D eigenvalue weighted by Crippen LogP contribution is 2.43. The maximum Gasteiger partial charge on any atom is 1.20 e. The van der Waals surface area contributed by atoms with Crippen LogP contribution in [0.1, 0.15) is 44.5 Å². The normalized spacial score (nSPS) is 10.9. The van der Waals surface area contributed by atoms with Gasteiger partial charge in [-0.3, -0.25) is 9.97 Å². The Hall–Kier alpha value is -5.87. The van der Waals surface area contributed by atoms with Crippen molar-refractivity contribution in [3.63, 3.8) is 0 Å². The molecule has 0 fully saturated rings. The molecule has 7 rings (SSSR count). The first kappa shape index (κ1) is 37.4. The van der Waals surface area contributed by atoms with Gasteiger partial charge in [0.15, 0.2) is 0 Å². The number of hydrogen-bond acceptors (Lipinski definition) is 6. The maximum absolute atomic E-state index is 6.84. The number of benzene rings is 5. The lowest BCUT2D eigenvalue weighted by Crippen LogP contribution is -2.37. The van der Waals surface area contributed by atoms with Crippen LogP contribution in [0.3, 0.4) is 0 Å². The van der Waals surface area contributed by atoms with Crippen LogP contribution in [0.25, 0.3) is 22.5 Å². The molecular weight excluding hydrogens is 694 g/mol. The predicted molar refractivity (Wildman–Crippen MR) is 226 cm³/mol. The number of anilines is 3. The summed E-state index contributed by atoms with van der Waals surface area (Å²) < 4.78 is 20.5.